The van der Waals surface area contributed by atoms with Crippen LogP contribution >= 0.6 is 0 Å². The highest BCUT2D eigenvalue weighted by Gasteiger charge is 2.78. The number of hydrogen-bond donors (Lipinski definition) is 1. The molecular weight excluding hydrogens is 268 g/mol. The SMILES string of the molecule is C#CC1C(O)CCC2(OC)C1C(CCCC)C21OCCO1. The van der Waals surface area contributed by atoms with Gasteiger partial charge in [0.05, 0.1) is 25.2 Å². The number of aliphatic hydroxyl groups is 1. The van der Waals surface area contributed by atoms with E-state index < -0.39 is 17.5 Å². The molecule has 0 radical (unpaired) electrons. The third kappa shape index (κ3) is 1.85. The summed E-state index contributed by atoms with van der Waals surface area (Å²) in [6.45, 7) is 3.41. The summed E-state index contributed by atoms with van der Waals surface area (Å²) in [6.07, 6.45) is 9.93. The van der Waals surface area contributed by atoms with Gasteiger partial charge in [-0.25, -0.2) is 0 Å². The summed E-state index contributed by atoms with van der Waals surface area (Å²) in [4.78, 5) is 0. The highest BCUT2D eigenvalue weighted by atomic mass is 16.8. The van der Waals surface area contributed by atoms with E-state index in [4.69, 9.17) is 20.6 Å². The Morgan fingerprint density at radius 1 is 1.38 bits per heavy atom. The van der Waals surface area contributed by atoms with Gasteiger partial charge in [0.2, 0.25) is 5.79 Å². The van der Waals surface area contributed by atoms with E-state index in [1.807, 2.05) is 0 Å². The molecule has 3 fully saturated rings. The fraction of sp³-hybridized carbons (Fsp3) is 0.882. The van der Waals surface area contributed by atoms with Crippen LogP contribution in [0.15, 0.2) is 0 Å². The van der Waals surface area contributed by atoms with E-state index in [0.717, 1.165) is 25.7 Å². The lowest BCUT2D eigenvalue weighted by Crippen LogP contribution is -2.80. The molecule has 21 heavy (non-hydrogen) atoms. The minimum absolute atomic E-state index is 0.126. The van der Waals surface area contributed by atoms with Crippen molar-refractivity contribution in [3.05, 3.63) is 0 Å². The van der Waals surface area contributed by atoms with Gasteiger partial charge in [0, 0.05) is 18.9 Å². The first-order valence-electron chi connectivity index (χ1n) is 8.14. The van der Waals surface area contributed by atoms with Crippen LogP contribution in [0.25, 0.3) is 0 Å². The van der Waals surface area contributed by atoms with Crippen LogP contribution in [0.5, 0.6) is 0 Å². The molecule has 118 valence electrons. The molecular formula is C17H26O4. The van der Waals surface area contributed by atoms with Gasteiger partial charge in [-0.05, 0) is 19.3 Å². The van der Waals surface area contributed by atoms with Crippen molar-refractivity contribution in [2.24, 2.45) is 17.8 Å². The molecule has 5 unspecified atom stereocenters. The summed E-state index contributed by atoms with van der Waals surface area (Å²) >= 11 is 0. The second-order valence-corrected chi connectivity index (χ2v) is 6.53. The van der Waals surface area contributed by atoms with E-state index in [0.29, 0.717) is 19.6 Å². The number of methoxy groups -OCH3 is 1. The molecule has 1 spiro atoms. The van der Waals surface area contributed by atoms with Gasteiger partial charge >= 0.3 is 0 Å². The standard InChI is InChI=1S/C17H26O4/c1-4-6-7-13-15-12(5-2)14(18)8-9-16(15,19-3)17(13)20-10-11-21-17/h2,12-15,18H,4,6-11H2,1,3H3. The molecule has 2 aliphatic carbocycles. The first-order chi connectivity index (χ1) is 10.2. The molecule has 1 heterocycles. The predicted molar refractivity (Wildman–Crippen MR) is 78.4 cm³/mol. The van der Waals surface area contributed by atoms with Gasteiger partial charge in [0.1, 0.15) is 5.60 Å². The number of rotatable bonds is 4. The first-order valence-corrected chi connectivity index (χ1v) is 8.14. The van der Waals surface area contributed by atoms with E-state index in [-0.39, 0.29) is 17.8 Å². The second-order valence-electron chi connectivity index (χ2n) is 6.53. The van der Waals surface area contributed by atoms with Crippen molar-refractivity contribution in [3.63, 3.8) is 0 Å². The Morgan fingerprint density at radius 3 is 2.67 bits per heavy atom. The van der Waals surface area contributed by atoms with Crippen molar-refractivity contribution in [1.82, 2.24) is 0 Å². The van der Waals surface area contributed by atoms with Crippen molar-refractivity contribution < 1.29 is 19.3 Å². The predicted octanol–water partition coefficient (Wildman–Crippen LogP) is 1.96. The topological polar surface area (TPSA) is 47.9 Å². The van der Waals surface area contributed by atoms with Gasteiger partial charge in [-0.15, -0.1) is 12.3 Å². The summed E-state index contributed by atoms with van der Waals surface area (Å²) in [7, 11) is 1.72. The van der Waals surface area contributed by atoms with Crippen LogP contribution in [0, 0.1) is 30.1 Å². The Bertz CT molecular complexity index is 423. The molecule has 3 rings (SSSR count). The molecule has 1 aliphatic heterocycles. The van der Waals surface area contributed by atoms with Crippen LogP contribution in [-0.2, 0) is 14.2 Å². The van der Waals surface area contributed by atoms with Crippen LogP contribution in [0.3, 0.4) is 0 Å². The molecule has 4 nitrogen and oxygen atoms in total. The zero-order chi connectivity index (χ0) is 15.1. The maximum Gasteiger partial charge on any atom is 0.201 e. The molecule has 5 atom stereocenters. The van der Waals surface area contributed by atoms with Crippen molar-refractivity contribution >= 4 is 0 Å². The summed E-state index contributed by atoms with van der Waals surface area (Å²) in [6, 6.07) is 0. The molecule has 0 amide bonds. The molecule has 1 N–H and O–H groups in total. The van der Waals surface area contributed by atoms with Crippen LogP contribution in [0.1, 0.15) is 39.0 Å². The lowest BCUT2D eigenvalue weighted by Gasteiger charge is -2.68. The molecule has 0 aromatic heterocycles. The van der Waals surface area contributed by atoms with Crippen LogP contribution in [0.4, 0.5) is 0 Å². The maximum atomic E-state index is 10.3. The van der Waals surface area contributed by atoms with E-state index in [1.54, 1.807) is 7.11 Å². The number of fused-ring (bicyclic) bond motifs is 2. The van der Waals surface area contributed by atoms with E-state index in [9.17, 15) is 5.11 Å². The van der Waals surface area contributed by atoms with Crippen LogP contribution in [0.2, 0.25) is 0 Å². The highest BCUT2D eigenvalue weighted by Crippen LogP contribution is 2.66. The van der Waals surface area contributed by atoms with E-state index in [1.165, 1.54) is 0 Å². The minimum atomic E-state index is -0.642. The zero-order valence-electron chi connectivity index (χ0n) is 13.0. The number of unbranched alkanes of at least 4 members (excludes halogenated alkanes) is 1. The molecule has 1 saturated heterocycles. The highest BCUT2D eigenvalue weighted by molar-refractivity contribution is 5.26. The number of hydrogen-bond acceptors (Lipinski definition) is 4. The van der Waals surface area contributed by atoms with Gasteiger partial charge in [-0.1, -0.05) is 19.8 Å². The molecule has 2 saturated carbocycles. The summed E-state index contributed by atoms with van der Waals surface area (Å²) in [5.74, 6) is 2.35. The second kappa shape index (κ2) is 5.55. The average molecular weight is 294 g/mol. The Labute approximate surface area is 127 Å². The molecule has 3 aliphatic rings. The maximum absolute atomic E-state index is 10.3. The largest absolute Gasteiger partial charge is 0.392 e. The lowest BCUT2D eigenvalue weighted by molar-refractivity contribution is -0.417. The van der Waals surface area contributed by atoms with Crippen LogP contribution in [-0.4, -0.2) is 42.9 Å². The van der Waals surface area contributed by atoms with Crippen molar-refractivity contribution in [1.29, 1.82) is 0 Å². The first kappa shape index (κ1) is 15.3. The summed E-state index contributed by atoms with van der Waals surface area (Å²) in [5, 5.41) is 10.3. The Morgan fingerprint density at radius 2 is 2.10 bits per heavy atom. The minimum Gasteiger partial charge on any atom is -0.392 e. The van der Waals surface area contributed by atoms with Crippen molar-refractivity contribution in [3.8, 4) is 12.3 Å². The molecule has 0 bridgehead atoms. The number of aliphatic hydroxyl groups excluding tert-OH is 1. The molecule has 0 aromatic rings. The van der Waals surface area contributed by atoms with Gasteiger partial charge in [0.25, 0.3) is 0 Å². The normalized spacial score (nSPS) is 44.1. The van der Waals surface area contributed by atoms with Crippen molar-refractivity contribution in [2.45, 2.75) is 56.5 Å². The lowest BCUT2D eigenvalue weighted by atomic mass is 9.46. The summed E-state index contributed by atoms with van der Waals surface area (Å²) < 4.78 is 18.1. The smallest absolute Gasteiger partial charge is 0.201 e. The average Bonchev–Trinajstić information content (AvgIpc) is 3.00. The Balaban J connectivity index is 1.95. The third-order valence-corrected chi connectivity index (χ3v) is 5.80. The van der Waals surface area contributed by atoms with Crippen molar-refractivity contribution in [2.75, 3.05) is 20.3 Å². The van der Waals surface area contributed by atoms with Gasteiger partial charge < -0.3 is 19.3 Å². The van der Waals surface area contributed by atoms with E-state index >= 15 is 0 Å². The monoisotopic (exact) mass is 294 g/mol. The van der Waals surface area contributed by atoms with Crippen LogP contribution < -0.4 is 0 Å². The third-order valence-electron chi connectivity index (χ3n) is 5.80. The zero-order valence-corrected chi connectivity index (χ0v) is 13.0. The Hall–Kier alpha value is -0.600. The fourth-order valence-electron chi connectivity index (χ4n) is 4.95. The van der Waals surface area contributed by atoms with E-state index in [2.05, 4.69) is 12.8 Å². The number of ether oxygens (including phenoxy) is 3. The number of terminal acetylenes is 1. The van der Waals surface area contributed by atoms with Gasteiger partial charge in [-0.2, -0.15) is 0 Å². The Kier molecular flexibility index (Phi) is 4.04. The van der Waals surface area contributed by atoms with Gasteiger partial charge in [-0.3, -0.25) is 0 Å². The molecule has 0 aromatic carbocycles. The molecule has 4 heteroatoms. The quantitative estimate of drug-likeness (QED) is 0.805. The fourth-order valence-corrected chi connectivity index (χ4v) is 4.95. The summed E-state index contributed by atoms with van der Waals surface area (Å²) in [5.41, 5.74) is -0.488. The van der Waals surface area contributed by atoms with Gasteiger partial charge in [0.15, 0.2) is 0 Å².